The third kappa shape index (κ3) is 3.31. The van der Waals surface area contributed by atoms with E-state index < -0.39 is 38.7 Å². The molecule has 0 amide bonds. The summed E-state index contributed by atoms with van der Waals surface area (Å²) in [6.07, 6.45) is 5.09. The van der Waals surface area contributed by atoms with Gasteiger partial charge in [-0.3, -0.25) is 9.52 Å². The number of nitrogens with one attached hydrogen (secondary N) is 2. The molecule has 0 aliphatic heterocycles. The number of aromatic nitrogens is 4. The third-order valence-electron chi connectivity index (χ3n) is 4.08. The number of nitrogens with zero attached hydrogens (tertiary/aromatic N) is 3. The maximum absolute atomic E-state index is 15.0. The van der Waals surface area contributed by atoms with Crippen LogP contribution in [0.1, 0.15) is 15.9 Å². The van der Waals surface area contributed by atoms with Crippen molar-refractivity contribution in [3.05, 3.63) is 78.0 Å². The Morgan fingerprint density at radius 1 is 1.10 bits per heavy atom. The summed E-state index contributed by atoms with van der Waals surface area (Å²) >= 11 is 0. The van der Waals surface area contributed by atoms with Gasteiger partial charge in [0.25, 0.3) is 10.0 Å². The van der Waals surface area contributed by atoms with E-state index in [0.29, 0.717) is 5.65 Å². The highest BCUT2D eigenvalue weighted by molar-refractivity contribution is 7.92. The number of aromatic amines is 1. The molecule has 3 aromatic heterocycles. The highest BCUT2D eigenvalue weighted by atomic mass is 32.2. The van der Waals surface area contributed by atoms with Crippen LogP contribution < -0.4 is 4.72 Å². The first-order valence-corrected chi connectivity index (χ1v) is 9.60. The number of sulfonamides is 1. The van der Waals surface area contributed by atoms with Crippen LogP contribution in [-0.2, 0) is 10.0 Å². The van der Waals surface area contributed by atoms with Crippen molar-refractivity contribution in [2.75, 3.05) is 4.72 Å². The first-order chi connectivity index (χ1) is 13.9. The summed E-state index contributed by atoms with van der Waals surface area (Å²) in [5.74, 6) is -3.47. The Morgan fingerprint density at radius 3 is 2.69 bits per heavy atom. The molecule has 146 valence electrons. The van der Waals surface area contributed by atoms with Crippen molar-refractivity contribution in [3.63, 3.8) is 0 Å². The van der Waals surface area contributed by atoms with Crippen molar-refractivity contribution in [1.82, 2.24) is 19.9 Å². The largest absolute Gasteiger partial charge is 0.345 e. The molecule has 4 aromatic rings. The van der Waals surface area contributed by atoms with Gasteiger partial charge in [0.15, 0.2) is 10.8 Å². The molecule has 0 fully saturated rings. The topological polar surface area (TPSA) is 118 Å². The Hall–Kier alpha value is -3.73. The van der Waals surface area contributed by atoms with Crippen LogP contribution in [-0.4, -0.2) is 34.1 Å². The van der Waals surface area contributed by atoms with E-state index in [1.54, 1.807) is 0 Å². The molecule has 0 saturated carbocycles. The van der Waals surface area contributed by atoms with Gasteiger partial charge >= 0.3 is 0 Å². The van der Waals surface area contributed by atoms with Crippen molar-refractivity contribution in [2.45, 2.75) is 5.03 Å². The first-order valence-electron chi connectivity index (χ1n) is 8.12. The lowest BCUT2D eigenvalue weighted by atomic mass is 10.0. The number of hydrogen-bond acceptors (Lipinski definition) is 6. The molecule has 2 N–H and O–H groups in total. The number of carbonyl (C=O) groups is 1. The zero-order chi connectivity index (χ0) is 20.6. The normalized spacial score (nSPS) is 11.5. The highest BCUT2D eigenvalue weighted by Crippen LogP contribution is 2.27. The van der Waals surface area contributed by atoms with Crippen LogP contribution >= 0.6 is 0 Å². The number of anilines is 1. The van der Waals surface area contributed by atoms with E-state index in [9.17, 15) is 22.0 Å². The maximum atomic E-state index is 15.0. The Morgan fingerprint density at radius 2 is 1.93 bits per heavy atom. The standard InChI is InChI=1S/C18H11F2N5O3S/c19-12-4-5-13(25-29(27,28)14-3-1-2-6-22-14)16(20)15(12)17(26)10-8-23-18-11(10)7-21-9-24-18/h1-9,25H,(H,21,23,24). The molecule has 0 spiro atoms. The molecule has 1 aromatic carbocycles. The van der Waals surface area contributed by atoms with Crippen molar-refractivity contribution in [1.29, 1.82) is 0 Å². The van der Waals surface area contributed by atoms with E-state index in [0.717, 1.165) is 12.1 Å². The summed E-state index contributed by atoms with van der Waals surface area (Å²) in [5.41, 5.74) is -1.23. The number of rotatable bonds is 5. The molecule has 0 aliphatic rings. The Bertz CT molecular complexity index is 1340. The van der Waals surface area contributed by atoms with Crippen LogP contribution in [0, 0.1) is 11.6 Å². The van der Waals surface area contributed by atoms with Crippen molar-refractivity contribution in [2.24, 2.45) is 0 Å². The van der Waals surface area contributed by atoms with Gasteiger partial charge in [0.2, 0.25) is 5.78 Å². The van der Waals surface area contributed by atoms with Gasteiger partial charge in [-0.25, -0.2) is 23.7 Å². The summed E-state index contributed by atoms with van der Waals surface area (Å²) in [7, 11) is -4.24. The number of fused-ring (bicyclic) bond motifs is 1. The molecular formula is C18H11F2N5O3S. The molecule has 11 heteroatoms. The minimum absolute atomic E-state index is 0.0527. The first kappa shape index (κ1) is 18.6. The fourth-order valence-electron chi connectivity index (χ4n) is 2.73. The predicted molar refractivity (Wildman–Crippen MR) is 98.7 cm³/mol. The van der Waals surface area contributed by atoms with E-state index >= 15 is 0 Å². The second-order valence-corrected chi connectivity index (χ2v) is 7.50. The molecule has 0 aliphatic carbocycles. The van der Waals surface area contributed by atoms with Crippen LogP contribution in [0.5, 0.6) is 0 Å². The van der Waals surface area contributed by atoms with E-state index in [1.807, 2.05) is 4.72 Å². The number of H-pyrrole nitrogens is 1. The average Bonchev–Trinajstić information content (AvgIpc) is 3.15. The molecular weight excluding hydrogens is 404 g/mol. The van der Waals surface area contributed by atoms with E-state index in [-0.39, 0.29) is 16.0 Å². The van der Waals surface area contributed by atoms with Crippen LogP contribution in [0.15, 0.2) is 60.3 Å². The van der Waals surface area contributed by atoms with E-state index in [4.69, 9.17) is 0 Å². The Kier molecular flexibility index (Phi) is 4.51. The Balaban J connectivity index is 1.77. The number of halogens is 2. The summed E-state index contributed by atoms with van der Waals surface area (Å²) in [6, 6.07) is 5.86. The average molecular weight is 415 g/mol. The lowest BCUT2D eigenvalue weighted by Gasteiger charge is -2.11. The fraction of sp³-hybridized carbons (Fsp3) is 0. The minimum Gasteiger partial charge on any atom is -0.345 e. The number of benzene rings is 1. The van der Waals surface area contributed by atoms with E-state index in [2.05, 4.69) is 19.9 Å². The molecule has 29 heavy (non-hydrogen) atoms. The minimum atomic E-state index is -4.24. The summed E-state index contributed by atoms with van der Waals surface area (Å²) in [5, 5.41) is -0.0823. The van der Waals surface area contributed by atoms with Gasteiger partial charge in [-0.15, -0.1) is 0 Å². The van der Waals surface area contributed by atoms with Crippen molar-refractivity contribution >= 4 is 32.5 Å². The molecule has 8 nitrogen and oxygen atoms in total. The van der Waals surface area contributed by atoms with E-state index in [1.165, 1.54) is 43.1 Å². The zero-order valence-electron chi connectivity index (χ0n) is 14.4. The lowest BCUT2D eigenvalue weighted by Crippen LogP contribution is -2.17. The summed E-state index contributed by atoms with van der Waals surface area (Å²) in [6.45, 7) is 0. The summed E-state index contributed by atoms with van der Waals surface area (Å²) in [4.78, 5) is 26.9. The van der Waals surface area contributed by atoms with Gasteiger partial charge in [0.1, 0.15) is 17.8 Å². The smallest absolute Gasteiger partial charge is 0.279 e. The van der Waals surface area contributed by atoms with Crippen LogP contribution in [0.2, 0.25) is 0 Å². The summed E-state index contributed by atoms with van der Waals surface area (Å²) < 4.78 is 56.1. The second-order valence-electron chi connectivity index (χ2n) is 5.87. The molecule has 0 bridgehead atoms. The fourth-order valence-corrected chi connectivity index (χ4v) is 3.73. The molecule has 0 saturated heterocycles. The zero-order valence-corrected chi connectivity index (χ0v) is 15.2. The molecule has 0 radical (unpaired) electrons. The Labute approximate surface area is 162 Å². The van der Waals surface area contributed by atoms with Gasteiger partial charge in [0.05, 0.1) is 16.8 Å². The van der Waals surface area contributed by atoms with Gasteiger partial charge in [0, 0.05) is 24.0 Å². The van der Waals surface area contributed by atoms with Crippen molar-refractivity contribution in [3.8, 4) is 0 Å². The number of carbonyl (C=O) groups excluding carboxylic acids is 1. The van der Waals surface area contributed by atoms with Crippen LogP contribution in [0.3, 0.4) is 0 Å². The predicted octanol–water partition coefficient (Wildman–Crippen LogP) is 2.66. The van der Waals surface area contributed by atoms with Gasteiger partial charge in [-0.2, -0.15) is 8.42 Å². The van der Waals surface area contributed by atoms with Crippen molar-refractivity contribution < 1.29 is 22.0 Å². The highest BCUT2D eigenvalue weighted by Gasteiger charge is 2.26. The molecule has 3 heterocycles. The van der Waals surface area contributed by atoms with Crippen LogP contribution in [0.25, 0.3) is 11.0 Å². The molecule has 0 unspecified atom stereocenters. The lowest BCUT2D eigenvalue weighted by molar-refractivity contribution is 0.103. The van der Waals surface area contributed by atoms with Crippen LogP contribution in [0.4, 0.5) is 14.5 Å². The third-order valence-corrected chi connectivity index (χ3v) is 5.36. The van der Waals surface area contributed by atoms with Gasteiger partial charge in [-0.05, 0) is 24.3 Å². The van der Waals surface area contributed by atoms with Gasteiger partial charge < -0.3 is 4.98 Å². The quantitative estimate of drug-likeness (QED) is 0.484. The van der Waals surface area contributed by atoms with Gasteiger partial charge in [-0.1, -0.05) is 6.07 Å². The SMILES string of the molecule is O=C(c1c(F)ccc(NS(=O)(=O)c2ccccn2)c1F)c1c[nH]c2ncncc12. The number of hydrogen-bond donors (Lipinski definition) is 2. The number of ketones is 1. The monoisotopic (exact) mass is 415 g/mol. The molecule has 0 atom stereocenters. The molecule has 4 rings (SSSR count). The number of pyridine rings is 1. The maximum Gasteiger partial charge on any atom is 0.279 e. The second kappa shape index (κ2) is 7.02.